The molecule has 0 unspecified atom stereocenters. The molecule has 0 aromatic heterocycles. The van der Waals surface area contributed by atoms with Crippen LogP contribution in [0.25, 0.3) is 0 Å². The highest BCUT2D eigenvalue weighted by molar-refractivity contribution is 8.34. The minimum atomic E-state index is -1.30. The van der Waals surface area contributed by atoms with E-state index < -0.39 is 18.1 Å². The maximum atomic E-state index is 5.64. The third-order valence-electron chi connectivity index (χ3n) is 1.67. The Morgan fingerprint density at radius 1 is 0.615 bits per heavy atom. The summed E-state index contributed by atoms with van der Waals surface area (Å²) in [5, 5.41) is 0.507. The predicted molar refractivity (Wildman–Crippen MR) is 82.2 cm³/mol. The van der Waals surface area contributed by atoms with Gasteiger partial charge in [0.1, 0.15) is 0 Å². The largest absolute Gasteiger partial charge is 0.0970 e. The zero-order chi connectivity index (χ0) is 11.1. The summed E-state index contributed by atoms with van der Waals surface area (Å²) in [5.41, 5.74) is 0. The average molecular weight is 292 g/mol. The van der Waals surface area contributed by atoms with Crippen molar-refractivity contribution < 1.29 is 0 Å². The average Bonchev–Trinajstić information content (AvgIpc) is 1.44. The van der Waals surface area contributed by atoms with E-state index >= 15 is 0 Å². The van der Waals surface area contributed by atoms with Gasteiger partial charge in [-0.25, -0.2) is 0 Å². The van der Waals surface area contributed by atoms with Crippen LogP contribution in [-0.2, 0) is 35.4 Å². The Balaban J connectivity index is 5.42. The molecule has 0 fully saturated rings. The van der Waals surface area contributed by atoms with E-state index in [0.29, 0.717) is 5.14 Å². The van der Waals surface area contributed by atoms with Gasteiger partial charge in [-0.1, -0.05) is 35.4 Å². The Morgan fingerprint density at radius 3 is 0.769 bits per heavy atom. The van der Waals surface area contributed by atoms with Gasteiger partial charge in [-0.15, -0.1) is 0 Å². The lowest BCUT2D eigenvalue weighted by Gasteiger charge is -2.36. The normalized spacial score (nSPS) is 15.0. The minimum Gasteiger partial charge on any atom is -0.0970 e. The van der Waals surface area contributed by atoms with Gasteiger partial charge in [0.25, 0.3) is 0 Å². The van der Waals surface area contributed by atoms with Gasteiger partial charge in [-0.05, 0) is 58.1 Å². The first-order valence-corrected chi connectivity index (χ1v) is 15.3. The van der Waals surface area contributed by atoms with E-state index in [4.69, 9.17) is 35.4 Å². The highest BCUT2D eigenvalue weighted by atomic mass is 32.5. The molecule has 0 N–H and O–H groups in total. The molecule has 0 bridgehead atoms. The predicted octanol–water partition coefficient (Wildman–Crippen LogP) is 3.49. The fraction of sp³-hybridized carbons (Fsp3) is 1.00. The van der Waals surface area contributed by atoms with Crippen LogP contribution in [0.2, 0.25) is 0 Å². The van der Waals surface area contributed by atoms with E-state index in [1.807, 2.05) is 0 Å². The number of hydrogen-bond acceptors (Lipinski definition) is 3. The maximum absolute atomic E-state index is 5.64. The molecule has 0 saturated heterocycles. The molecule has 0 saturated carbocycles. The molecule has 0 aromatic carbocycles. The molecule has 0 aliphatic heterocycles. The topological polar surface area (TPSA) is 0 Å². The summed E-state index contributed by atoms with van der Waals surface area (Å²) < 4.78 is 0. The standard InChI is InChI=1S/C7H19P3S3/c1-8(2,11)7(9(3,4)12)10(5,6)13/h7H,1-6H3. The quantitative estimate of drug-likeness (QED) is 0.731. The van der Waals surface area contributed by atoms with Crippen molar-refractivity contribution in [1.29, 1.82) is 0 Å². The van der Waals surface area contributed by atoms with Gasteiger partial charge in [0, 0.05) is 5.14 Å². The van der Waals surface area contributed by atoms with Crippen molar-refractivity contribution in [3.63, 3.8) is 0 Å². The maximum Gasteiger partial charge on any atom is 0.0451 e. The first-order chi connectivity index (χ1) is 5.37. The molecule has 13 heavy (non-hydrogen) atoms. The molecule has 6 heteroatoms. The fourth-order valence-corrected chi connectivity index (χ4v) is 32.4. The molecular formula is C7H19P3S3. The summed E-state index contributed by atoms with van der Waals surface area (Å²) in [4.78, 5) is 0. The Bertz CT molecular complexity index is 264. The van der Waals surface area contributed by atoms with Gasteiger partial charge in [-0.3, -0.25) is 0 Å². The monoisotopic (exact) mass is 292 g/mol. The highest BCUT2D eigenvalue weighted by Crippen LogP contribution is 2.75. The van der Waals surface area contributed by atoms with Crippen molar-refractivity contribution in [3.8, 4) is 0 Å². The third-order valence-corrected chi connectivity index (χ3v) is 20.1. The second-order valence-electron chi connectivity index (χ2n) is 4.65. The second kappa shape index (κ2) is 4.44. The summed E-state index contributed by atoms with van der Waals surface area (Å²) >= 11 is 16.9. The number of hydrogen-bond donors (Lipinski definition) is 0. The molecule has 0 spiro atoms. The SMILES string of the molecule is CP(C)(=S)C(P(C)(C)=S)P(C)(C)=S. The van der Waals surface area contributed by atoms with Crippen LogP contribution in [0.5, 0.6) is 0 Å². The van der Waals surface area contributed by atoms with Crippen molar-refractivity contribution in [2.75, 3.05) is 40.0 Å². The first kappa shape index (κ1) is 14.9. The molecule has 0 heterocycles. The van der Waals surface area contributed by atoms with E-state index in [1.54, 1.807) is 0 Å². The lowest BCUT2D eigenvalue weighted by Crippen LogP contribution is -2.06. The molecule has 0 amide bonds. The fourth-order valence-electron chi connectivity index (χ4n) is 2.01. The van der Waals surface area contributed by atoms with Gasteiger partial charge in [0.15, 0.2) is 0 Å². The van der Waals surface area contributed by atoms with E-state index in [-0.39, 0.29) is 0 Å². The van der Waals surface area contributed by atoms with Gasteiger partial charge < -0.3 is 0 Å². The van der Waals surface area contributed by atoms with Crippen molar-refractivity contribution in [3.05, 3.63) is 0 Å². The van der Waals surface area contributed by atoms with Gasteiger partial charge in [-0.2, -0.15) is 0 Å². The zero-order valence-corrected chi connectivity index (χ0v) is 14.3. The van der Waals surface area contributed by atoms with Crippen LogP contribution in [-0.4, -0.2) is 45.1 Å². The molecule has 0 radical (unpaired) electrons. The summed E-state index contributed by atoms with van der Waals surface area (Å²) in [6.45, 7) is 13.2. The van der Waals surface area contributed by atoms with Crippen LogP contribution in [0.15, 0.2) is 0 Å². The summed E-state index contributed by atoms with van der Waals surface area (Å²) in [6, 6.07) is -3.89. The lowest BCUT2D eigenvalue weighted by molar-refractivity contribution is 1.76. The summed E-state index contributed by atoms with van der Waals surface area (Å²) in [5.74, 6) is 0. The Kier molecular flexibility index (Phi) is 5.11. The Morgan fingerprint density at radius 2 is 0.769 bits per heavy atom. The lowest BCUT2D eigenvalue weighted by atomic mass is 11.8. The first-order valence-electron chi connectivity index (χ1n) is 4.01. The smallest absolute Gasteiger partial charge is 0.0451 e. The van der Waals surface area contributed by atoms with Gasteiger partial charge in [0.2, 0.25) is 0 Å². The summed E-state index contributed by atoms with van der Waals surface area (Å²) in [7, 11) is 0. The van der Waals surface area contributed by atoms with E-state index in [2.05, 4.69) is 40.0 Å². The number of rotatable bonds is 3. The molecule has 0 rings (SSSR count). The molecule has 0 aliphatic carbocycles. The zero-order valence-electron chi connectivity index (χ0n) is 9.14. The van der Waals surface area contributed by atoms with Crippen molar-refractivity contribution >= 4 is 53.5 Å². The van der Waals surface area contributed by atoms with Crippen molar-refractivity contribution in [2.45, 2.75) is 5.14 Å². The molecule has 0 aromatic rings. The Labute approximate surface area is 98.3 Å². The molecular weight excluding hydrogens is 273 g/mol. The van der Waals surface area contributed by atoms with Crippen LogP contribution >= 0.6 is 18.1 Å². The molecule has 80 valence electrons. The third kappa shape index (κ3) is 5.01. The van der Waals surface area contributed by atoms with Crippen LogP contribution in [0, 0.1) is 0 Å². The molecule has 0 nitrogen and oxygen atoms in total. The van der Waals surface area contributed by atoms with Crippen molar-refractivity contribution in [1.82, 2.24) is 0 Å². The van der Waals surface area contributed by atoms with E-state index in [9.17, 15) is 0 Å². The molecule has 0 aliphatic rings. The van der Waals surface area contributed by atoms with Crippen LogP contribution in [0.4, 0.5) is 0 Å². The minimum absolute atomic E-state index is 0.507. The van der Waals surface area contributed by atoms with Gasteiger partial charge in [0.05, 0.1) is 0 Å². The van der Waals surface area contributed by atoms with Crippen LogP contribution in [0.1, 0.15) is 0 Å². The van der Waals surface area contributed by atoms with Crippen LogP contribution < -0.4 is 0 Å². The van der Waals surface area contributed by atoms with E-state index in [1.165, 1.54) is 0 Å². The van der Waals surface area contributed by atoms with E-state index in [0.717, 1.165) is 0 Å². The van der Waals surface area contributed by atoms with Gasteiger partial charge >= 0.3 is 0 Å². The molecule has 0 atom stereocenters. The second-order valence-corrected chi connectivity index (χ2v) is 24.5. The highest BCUT2D eigenvalue weighted by Gasteiger charge is 2.34. The van der Waals surface area contributed by atoms with Crippen LogP contribution in [0.3, 0.4) is 0 Å². The summed E-state index contributed by atoms with van der Waals surface area (Å²) in [6.07, 6.45) is 0. The Hall–Kier alpha value is 1.95. The van der Waals surface area contributed by atoms with Crippen molar-refractivity contribution in [2.24, 2.45) is 0 Å².